The molecule has 1 aromatic carbocycles. The van der Waals surface area contributed by atoms with Crippen LogP contribution >= 0.6 is 0 Å². The normalized spacial score (nSPS) is 11.4. The van der Waals surface area contributed by atoms with Gasteiger partial charge in [0.05, 0.1) is 5.52 Å². The van der Waals surface area contributed by atoms with E-state index in [2.05, 4.69) is 54.6 Å². The minimum atomic E-state index is 0.991. The van der Waals surface area contributed by atoms with Gasteiger partial charge in [-0.05, 0) is 31.0 Å². The second-order valence-electron chi connectivity index (χ2n) is 4.34. The standard InChI is InChI=1S/C15H16N2/c1-3-12-10-13(4-2)17-14-8-6-5-7-11(14)9-15(17)16-12/h5-10H,3-4H2,1-2H3. The van der Waals surface area contributed by atoms with Gasteiger partial charge < -0.3 is 0 Å². The zero-order valence-electron chi connectivity index (χ0n) is 10.3. The first-order valence-corrected chi connectivity index (χ1v) is 6.22. The van der Waals surface area contributed by atoms with Gasteiger partial charge in [-0.1, -0.05) is 32.0 Å². The summed E-state index contributed by atoms with van der Waals surface area (Å²) < 4.78 is 2.27. The van der Waals surface area contributed by atoms with Crippen molar-refractivity contribution in [2.75, 3.05) is 0 Å². The molecule has 2 nitrogen and oxygen atoms in total. The Hall–Kier alpha value is -1.83. The number of fused-ring (bicyclic) bond motifs is 3. The van der Waals surface area contributed by atoms with Crippen molar-refractivity contribution in [1.82, 2.24) is 9.38 Å². The van der Waals surface area contributed by atoms with Crippen LogP contribution in [0.4, 0.5) is 0 Å². The zero-order chi connectivity index (χ0) is 11.8. The van der Waals surface area contributed by atoms with Crippen LogP contribution in [0.25, 0.3) is 16.6 Å². The first-order chi connectivity index (χ1) is 8.33. The second kappa shape index (κ2) is 3.88. The van der Waals surface area contributed by atoms with Crippen LogP contribution in [0.5, 0.6) is 0 Å². The Morgan fingerprint density at radius 1 is 1.06 bits per heavy atom. The Balaban J connectivity index is 2.47. The molecule has 86 valence electrons. The van der Waals surface area contributed by atoms with Crippen molar-refractivity contribution in [3.05, 3.63) is 47.8 Å². The van der Waals surface area contributed by atoms with E-state index in [-0.39, 0.29) is 0 Å². The van der Waals surface area contributed by atoms with Gasteiger partial charge in [0.15, 0.2) is 0 Å². The van der Waals surface area contributed by atoms with Crippen molar-refractivity contribution in [2.45, 2.75) is 26.7 Å². The number of para-hydroxylation sites is 1. The van der Waals surface area contributed by atoms with E-state index in [4.69, 9.17) is 4.98 Å². The molecule has 0 radical (unpaired) electrons. The highest BCUT2D eigenvalue weighted by Crippen LogP contribution is 2.21. The molecule has 0 aliphatic rings. The van der Waals surface area contributed by atoms with Crippen LogP contribution in [0.15, 0.2) is 36.4 Å². The molecule has 0 amide bonds. The summed E-state index contributed by atoms with van der Waals surface area (Å²) in [5.74, 6) is 0. The quantitative estimate of drug-likeness (QED) is 0.650. The molecule has 3 rings (SSSR count). The summed E-state index contributed by atoms with van der Waals surface area (Å²) in [4.78, 5) is 4.70. The summed E-state index contributed by atoms with van der Waals surface area (Å²) >= 11 is 0. The lowest BCUT2D eigenvalue weighted by molar-refractivity contribution is 0.936. The fourth-order valence-electron chi connectivity index (χ4n) is 2.40. The van der Waals surface area contributed by atoms with Gasteiger partial charge in [-0.15, -0.1) is 0 Å². The lowest BCUT2D eigenvalue weighted by atomic mass is 10.2. The minimum absolute atomic E-state index is 0.991. The number of hydrogen-bond donors (Lipinski definition) is 0. The second-order valence-corrected chi connectivity index (χ2v) is 4.34. The largest absolute Gasteiger partial charge is 0.298 e. The van der Waals surface area contributed by atoms with Crippen molar-refractivity contribution in [3.63, 3.8) is 0 Å². The van der Waals surface area contributed by atoms with Gasteiger partial charge in [-0.2, -0.15) is 0 Å². The highest BCUT2D eigenvalue weighted by molar-refractivity contribution is 5.86. The van der Waals surface area contributed by atoms with Crippen LogP contribution in [0.1, 0.15) is 25.2 Å². The van der Waals surface area contributed by atoms with Crippen molar-refractivity contribution in [2.24, 2.45) is 0 Å². The molecule has 3 aromatic rings. The highest BCUT2D eigenvalue weighted by Gasteiger charge is 2.07. The molecule has 2 aromatic heterocycles. The van der Waals surface area contributed by atoms with E-state index < -0.39 is 0 Å². The average molecular weight is 224 g/mol. The fourth-order valence-corrected chi connectivity index (χ4v) is 2.40. The Bertz CT molecular complexity index is 680. The molecule has 2 heterocycles. The summed E-state index contributed by atoms with van der Waals surface area (Å²) in [6.07, 6.45) is 2.02. The number of benzene rings is 1. The van der Waals surface area contributed by atoms with Crippen LogP contribution in [-0.2, 0) is 12.8 Å². The SMILES string of the molecule is CCc1cc(CC)n2c(cc3ccccc32)n1. The van der Waals surface area contributed by atoms with E-state index in [9.17, 15) is 0 Å². The zero-order valence-corrected chi connectivity index (χ0v) is 10.3. The predicted molar refractivity (Wildman–Crippen MR) is 71.5 cm³/mol. The third-order valence-corrected chi connectivity index (χ3v) is 3.29. The minimum Gasteiger partial charge on any atom is -0.298 e. The van der Waals surface area contributed by atoms with E-state index in [0.717, 1.165) is 18.5 Å². The molecule has 0 bridgehead atoms. The van der Waals surface area contributed by atoms with Crippen LogP contribution < -0.4 is 0 Å². The number of hydrogen-bond acceptors (Lipinski definition) is 1. The molecule has 0 atom stereocenters. The average Bonchev–Trinajstić information content (AvgIpc) is 2.75. The molecule has 0 unspecified atom stereocenters. The van der Waals surface area contributed by atoms with Crippen molar-refractivity contribution in [1.29, 1.82) is 0 Å². The molecule has 0 aliphatic carbocycles. The van der Waals surface area contributed by atoms with Crippen LogP contribution in [0.3, 0.4) is 0 Å². The molecular weight excluding hydrogens is 208 g/mol. The third-order valence-electron chi connectivity index (χ3n) is 3.29. The highest BCUT2D eigenvalue weighted by atomic mass is 15.0. The summed E-state index contributed by atoms with van der Waals surface area (Å²) in [5.41, 5.74) is 4.85. The first kappa shape index (κ1) is 10.3. The Morgan fingerprint density at radius 2 is 1.88 bits per heavy atom. The Kier molecular flexibility index (Phi) is 2.36. The molecule has 0 saturated heterocycles. The maximum absolute atomic E-state index is 4.70. The number of aromatic nitrogens is 2. The van der Waals surface area contributed by atoms with Crippen LogP contribution in [-0.4, -0.2) is 9.38 Å². The van der Waals surface area contributed by atoms with Gasteiger partial charge in [0.1, 0.15) is 5.65 Å². The molecule has 0 aliphatic heterocycles. The molecule has 0 spiro atoms. The lowest BCUT2D eigenvalue weighted by Gasteiger charge is -2.07. The van der Waals surface area contributed by atoms with Gasteiger partial charge in [-0.25, -0.2) is 4.98 Å². The van der Waals surface area contributed by atoms with E-state index in [1.54, 1.807) is 0 Å². The van der Waals surface area contributed by atoms with Gasteiger partial charge in [0.2, 0.25) is 0 Å². The fraction of sp³-hybridized carbons (Fsp3) is 0.267. The summed E-state index contributed by atoms with van der Waals surface area (Å²) in [6.45, 7) is 4.35. The van der Waals surface area contributed by atoms with Crippen LogP contribution in [0.2, 0.25) is 0 Å². The van der Waals surface area contributed by atoms with E-state index in [1.165, 1.54) is 22.3 Å². The molecule has 2 heteroatoms. The summed E-state index contributed by atoms with van der Waals surface area (Å²) in [7, 11) is 0. The molecule has 17 heavy (non-hydrogen) atoms. The maximum Gasteiger partial charge on any atom is 0.138 e. The smallest absolute Gasteiger partial charge is 0.138 e. The third kappa shape index (κ3) is 1.52. The van der Waals surface area contributed by atoms with Crippen molar-refractivity contribution in [3.8, 4) is 0 Å². The van der Waals surface area contributed by atoms with E-state index in [1.807, 2.05) is 0 Å². The number of aryl methyl sites for hydroxylation is 2. The molecule has 0 saturated carbocycles. The van der Waals surface area contributed by atoms with Crippen molar-refractivity contribution >= 4 is 16.6 Å². The first-order valence-electron chi connectivity index (χ1n) is 6.22. The molecule has 0 N–H and O–H groups in total. The van der Waals surface area contributed by atoms with Gasteiger partial charge in [0, 0.05) is 16.8 Å². The van der Waals surface area contributed by atoms with Crippen LogP contribution in [0, 0.1) is 0 Å². The van der Waals surface area contributed by atoms with Gasteiger partial charge in [0.25, 0.3) is 0 Å². The van der Waals surface area contributed by atoms with Gasteiger partial charge >= 0.3 is 0 Å². The summed E-state index contributed by atoms with van der Waals surface area (Å²) in [6, 6.07) is 12.9. The monoisotopic (exact) mass is 224 g/mol. The topological polar surface area (TPSA) is 17.3 Å². The summed E-state index contributed by atoms with van der Waals surface area (Å²) in [5, 5.41) is 1.27. The number of rotatable bonds is 2. The predicted octanol–water partition coefficient (Wildman–Crippen LogP) is 3.61. The maximum atomic E-state index is 4.70. The Morgan fingerprint density at radius 3 is 2.65 bits per heavy atom. The molecule has 0 fully saturated rings. The molecular formula is C15H16N2. The van der Waals surface area contributed by atoms with Crippen molar-refractivity contribution < 1.29 is 0 Å². The van der Waals surface area contributed by atoms with E-state index >= 15 is 0 Å². The lowest BCUT2D eigenvalue weighted by Crippen LogP contribution is -2.00. The van der Waals surface area contributed by atoms with Gasteiger partial charge in [-0.3, -0.25) is 4.40 Å². The number of nitrogens with zero attached hydrogens (tertiary/aromatic N) is 2. The Labute approximate surface area is 101 Å². The van der Waals surface area contributed by atoms with E-state index in [0.29, 0.717) is 0 Å².